The zero-order valence-corrected chi connectivity index (χ0v) is 13.7. The highest BCUT2D eigenvalue weighted by molar-refractivity contribution is 5.95. The molecule has 1 nitrogen and oxygen atoms in total. The number of rotatable bonds is 2. The van der Waals surface area contributed by atoms with E-state index in [1.165, 1.54) is 33.6 Å². The van der Waals surface area contributed by atoms with Gasteiger partial charge in [0, 0.05) is 18.4 Å². The summed E-state index contributed by atoms with van der Waals surface area (Å²) < 4.78 is 0. The monoisotopic (exact) mass is 309 g/mol. The number of hydrogen-bond donors (Lipinski definition) is 0. The summed E-state index contributed by atoms with van der Waals surface area (Å²) in [6.45, 7) is 0. The van der Waals surface area contributed by atoms with E-state index in [0.717, 1.165) is 0 Å². The van der Waals surface area contributed by atoms with Crippen molar-refractivity contribution < 1.29 is 0 Å². The van der Waals surface area contributed by atoms with Gasteiger partial charge in [0.1, 0.15) is 0 Å². The largest absolute Gasteiger partial charge is 0.344 e. The molecule has 0 saturated heterocycles. The van der Waals surface area contributed by atoms with Gasteiger partial charge in [0.2, 0.25) is 0 Å². The topological polar surface area (TPSA) is 3.24 Å². The average Bonchev–Trinajstić information content (AvgIpc) is 2.80. The van der Waals surface area contributed by atoms with Crippen LogP contribution in [0.1, 0.15) is 22.3 Å². The number of benzene rings is 3. The normalized spacial score (nSPS) is 13.6. The van der Waals surface area contributed by atoms with E-state index in [-0.39, 0.29) is 0 Å². The first kappa shape index (κ1) is 14.5. The Morgan fingerprint density at radius 2 is 0.875 bits per heavy atom. The highest BCUT2D eigenvalue weighted by atomic mass is 15.1. The maximum atomic E-state index is 2.28. The lowest BCUT2D eigenvalue weighted by Crippen LogP contribution is -2.14. The van der Waals surface area contributed by atoms with Gasteiger partial charge in [0.15, 0.2) is 0 Å². The minimum absolute atomic E-state index is 1.20. The molecule has 0 aromatic heterocycles. The van der Waals surface area contributed by atoms with Gasteiger partial charge >= 0.3 is 0 Å². The van der Waals surface area contributed by atoms with E-state index in [4.69, 9.17) is 0 Å². The molecular weight excluding hydrogens is 290 g/mol. The summed E-state index contributed by atoms with van der Waals surface area (Å²) in [5.41, 5.74) is 7.34. The third kappa shape index (κ3) is 2.65. The van der Waals surface area contributed by atoms with Crippen LogP contribution in [0.4, 0.5) is 0 Å². The van der Waals surface area contributed by atoms with Crippen molar-refractivity contribution in [3.63, 3.8) is 0 Å². The molecule has 0 amide bonds. The van der Waals surface area contributed by atoms with Crippen LogP contribution >= 0.6 is 0 Å². The molecule has 0 unspecified atom stereocenters. The molecular formula is C23H19N. The second-order valence-electron chi connectivity index (χ2n) is 5.98. The van der Waals surface area contributed by atoms with Crippen molar-refractivity contribution in [1.82, 2.24) is 4.90 Å². The van der Waals surface area contributed by atoms with Gasteiger partial charge in [-0.3, -0.25) is 0 Å². The first-order valence-electron chi connectivity index (χ1n) is 8.20. The van der Waals surface area contributed by atoms with Gasteiger partial charge in [0.25, 0.3) is 0 Å². The lowest BCUT2D eigenvalue weighted by molar-refractivity contribution is 0.692. The van der Waals surface area contributed by atoms with Crippen LogP contribution in [-0.4, -0.2) is 11.9 Å². The maximum absolute atomic E-state index is 2.28. The molecule has 116 valence electrons. The van der Waals surface area contributed by atoms with Crippen molar-refractivity contribution in [2.75, 3.05) is 7.05 Å². The SMILES string of the molecule is CN1C(c2ccccc2)=Cc2ccccc2C=C1c1ccccc1. The van der Waals surface area contributed by atoms with Gasteiger partial charge in [-0.2, -0.15) is 0 Å². The lowest BCUT2D eigenvalue weighted by Gasteiger charge is -2.25. The van der Waals surface area contributed by atoms with Crippen LogP contribution in [0.2, 0.25) is 0 Å². The zero-order valence-electron chi connectivity index (χ0n) is 13.7. The molecule has 0 aliphatic carbocycles. The molecule has 1 aliphatic heterocycles. The lowest BCUT2D eigenvalue weighted by atomic mass is 10.0. The fourth-order valence-electron chi connectivity index (χ4n) is 3.16. The van der Waals surface area contributed by atoms with E-state index < -0.39 is 0 Å². The Balaban J connectivity index is 1.94. The average molecular weight is 309 g/mol. The molecule has 0 fully saturated rings. The van der Waals surface area contributed by atoms with E-state index in [2.05, 4.69) is 109 Å². The van der Waals surface area contributed by atoms with Crippen LogP contribution in [-0.2, 0) is 0 Å². The fourth-order valence-corrected chi connectivity index (χ4v) is 3.16. The Bertz CT molecular complexity index is 829. The molecule has 1 heteroatoms. The van der Waals surface area contributed by atoms with Gasteiger partial charge < -0.3 is 4.90 Å². The van der Waals surface area contributed by atoms with Crippen LogP contribution in [0.3, 0.4) is 0 Å². The number of nitrogens with zero attached hydrogens (tertiary/aromatic N) is 1. The van der Waals surface area contributed by atoms with Gasteiger partial charge in [-0.05, 0) is 34.4 Å². The van der Waals surface area contributed by atoms with E-state index >= 15 is 0 Å². The minimum Gasteiger partial charge on any atom is -0.344 e. The molecule has 0 saturated carbocycles. The van der Waals surface area contributed by atoms with Crippen LogP contribution in [0.15, 0.2) is 84.9 Å². The number of hydrogen-bond acceptors (Lipinski definition) is 1. The maximum Gasteiger partial charge on any atom is 0.0488 e. The van der Waals surface area contributed by atoms with E-state index in [1.54, 1.807) is 0 Å². The predicted octanol–water partition coefficient (Wildman–Crippen LogP) is 5.63. The molecule has 3 aromatic carbocycles. The van der Waals surface area contributed by atoms with Crippen molar-refractivity contribution >= 4 is 23.5 Å². The Morgan fingerprint density at radius 1 is 0.500 bits per heavy atom. The Labute approximate surface area is 143 Å². The van der Waals surface area contributed by atoms with Gasteiger partial charge in [-0.25, -0.2) is 0 Å². The predicted molar refractivity (Wildman–Crippen MR) is 103 cm³/mol. The van der Waals surface area contributed by atoms with Crippen LogP contribution in [0.5, 0.6) is 0 Å². The van der Waals surface area contributed by atoms with Crippen molar-refractivity contribution in [2.24, 2.45) is 0 Å². The van der Waals surface area contributed by atoms with E-state index in [9.17, 15) is 0 Å². The standard InChI is InChI=1S/C23H19N/c1-24-22(18-10-4-2-5-11-18)16-20-14-8-9-15-21(20)17-23(24)19-12-6-3-7-13-19/h2-17H,1H3. The summed E-state index contributed by atoms with van der Waals surface area (Å²) in [6.07, 6.45) is 4.55. The molecule has 24 heavy (non-hydrogen) atoms. The first-order chi connectivity index (χ1) is 11.8. The highest BCUT2D eigenvalue weighted by Gasteiger charge is 2.17. The highest BCUT2D eigenvalue weighted by Crippen LogP contribution is 2.34. The first-order valence-corrected chi connectivity index (χ1v) is 8.20. The smallest absolute Gasteiger partial charge is 0.0488 e. The van der Waals surface area contributed by atoms with Crippen LogP contribution in [0, 0.1) is 0 Å². The number of fused-ring (bicyclic) bond motifs is 1. The molecule has 0 atom stereocenters. The van der Waals surface area contributed by atoms with Gasteiger partial charge in [-0.15, -0.1) is 0 Å². The molecule has 0 bridgehead atoms. The third-order valence-corrected chi connectivity index (χ3v) is 4.44. The quantitative estimate of drug-likeness (QED) is 0.593. The van der Waals surface area contributed by atoms with Crippen molar-refractivity contribution in [3.8, 4) is 0 Å². The second kappa shape index (κ2) is 6.21. The van der Waals surface area contributed by atoms with Crippen molar-refractivity contribution in [2.45, 2.75) is 0 Å². The Morgan fingerprint density at radius 3 is 1.29 bits per heavy atom. The molecule has 0 radical (unpaired) electrons. The zero-order chi connectivity index (χ0) is 16.4. The molecule has 0 spiro atoms. The summed E-state index contributed by atoms with van der Waals surface area (Å²) in [6, 6.07) is 29.7. The molecule has 0 N–H and O–H groups in total. The molecule has 1 aliphatic rings. The molecule has 4 rings (SSSR count). The summed E-state index contributed by atoms with van der Waals surface area (Å²) in [4.78, 5) is 2.28. The van der Waals surface area contributed by atoms with Gasteiger partial charge in [0.05, 0.1) is 0 Å². The second-order valence-corrected chi connectivity index (χ2v) is 5.98. The summed E-state index contributed by atoms with van der Waals surface area (Å²) >= 11 is 0. The van der Waals surface area contributed by atoms with Crippen LogP contribution in [0.25, 0.3) is 23.5 Å². The fraction of sp³-hybridized carbons (Fsp3) is 0.0435. The van der Waals surface area contributed by atoms with E-state index in [1.807, 2.05) is 0 Å². The van der Waals surface area contributed by atoms with Crippen molar-refractivity contribution in [3.05, 3.63) is 107 Å². The Kier molecular flexibility index (Phi) is 3.76. The van der Waals surface area contributed by atoms with Gasteiger partial charge in [-0.1, -0.05) is 84.9 Å². The third-order valence-electron chi connectivity index (χ3n) is 4.44. The summed E-state index contributed by atoms with van der Waals surface area (Å²) in [5, 5.41) is 0. The molecule has 3 aromatic rings. The van der Waals surface area contributed by atoms with E-state index in [0.29, 0.717) is 0 Å². The summed E-state index contributed by atoms with van der Waals surface area (Å²) in [5.74, 6) is 0. The Hall–Kier alpha value is -3.06. The minimum atomic E-state index is 1.20. The van der Waals surface area contributed by atoms with Crippen LogP contribution < -0.4 is 0 Å². The van der Waals surface area contributed by atoms with Crippen molar-refractivity contribution in [1.29, 1.82) is 0 Å². The summed E-state index contributed by atoms with van der Waals surface area (Å²) in [7, 11) is 2.14. The molecule has 1 heterocycles.